The van der Waals surface area contributed by atoms with E-state index in [0.29, 0.717) is 11.8 Å². The summed E-state index contributed by atoms with van der Waals surface area (Å²) in [6.07, 6.45) is 0. The second-order valence-corrected chi connectivity index (χ2v) is 5.12. The summed E-state index contributed by atoms with van der Waals surface area (Å²) in [5.74, 6) is 1.05. The molecule has 0 aliphatic carbocycles. The summed E-state index contributed by atoms with van der Waals surface area (Å²) < 4.78 is 6.69. The Kier molecular flexibility index (Phi) is 3.17. The summed E-state index contributed by atoms with van der Waals surface area (Å²) in [6.45, 7) is 2.03. The van der Waals surface area contributed by atoms with E-state index in [0.717, 1.165) is 21.2 Å². The third-order valence-electron chi connectivity index (χ3n) is 2.80. The van der Waals surface area contributed by atoms with Crippen molar-refractivity contribution >= 4 is 15.9 Å². The number of rotatable bonds is 2. The Morgan fingerprint density at radius 2 is 1.68 bits per heavy atom. The van der Waals surface area contributed by atoms with Crippen LogP contribution in [0.1, 0.15) is 5.56 Å². The number of benzene rings is 2. The minimum absolute atomic E-state index is 0.523. The molecule has 3 aromatic rings. The molecule has 0 bridgehead atoms. The highest BCUT2D eigenvalue weighted by Crippen LogP contribution is 2.30. The molecule has 0 atom stereocenters. The van der Waals surface area contributed by atoms with E-state index >= 15 is 0 Å². The molecule has 0 fully saturated rings. The maximum Gasteiger partial charge on any atom is 0.249 e. The van der Waals surface area contributed by atoms with Crippen LogP contribution in [0.3, 0.4) is 0 Å². The molecule has 0 N–H and O–H groups in total. The van der Waals surface area contributed by atoms with Crippen molar-refractivity contribution in [2.24, 2.45) is 0 Å². The van der Waals surface area contributed by atoms with Gasteiger partial charge in [-0.1, -0.05) is 29.8 Å². The van der Waals surface area contributed by atoms with Crippen molar-refractivity contribution in [1.29, 1.82) is 0 Å². The van der Waals surface area contributed by atoms with Gasteiger partial charge in [0.15, 0.2) is 0 Å². The first-order valence-corrected chi connectivity index (χ1v) is 6.69. The number of nitrogens with zero attached hydrogens (tertiary/aromatic N) is 2. The fraction of sp³-hybridized carbons (Fsp3) is 0.0667. The first kappa shape index (κ1) is 12.1. The topological polar surface area (TPSA) is 38.9 Å². The van der Waals surface area contributed by atoms with E-state index in [1.54, 1.807) is 0 Å². The van der Waals surface area contributed by atoms with Crippen LogP contribution in [0.5, 0.6) is 0 Å². The maximum absolute atomic E-state index is 5.74. The number of hydrogen-bond donors (Lipinski definition) is 0. The lowest BCUT2D eigenvalue weighted by Crippen LogP contribution is -1.81. The summed E-state index contributed by atoms with van der Waals surface area (Å²) in [4.78, 5) is 0. The Hall–Kier alpha value is -1.94. The number of halogens is 1. The van der Waals surface area contributed by atoms with Gasteiger partial charge in [0.1, 0.15) is 0 Å². The van der Waals surface area contributed by atoms with E-state index in [9.17, 15) is 0 Å². The summed E-state index contributed by atoms with van der Waals surface area (Å²) in [5, 5.41) is 8.21. The van der Waals surface area contributed by atoms with Crippen LogP contribution in [0.15, 0.2) is 57.4 Å². The lowest BCUT2D eigenvalue weighted by atomic mass is 10.1. The third-order valence-corrected chi connectivity index (χ3v) is 3.49. The molecule has 0 saturated heterocycles. The average Bonchev–Trinajstić information content (AvgIpc) is 2.92. The fourth-order valence-corrected chi connectivity index (χ4v) is 2.25. The van der Waals surface area contributed by atoms with E-state index in [1.165, 1.54) is 0 Å². The van der Waals surface area contributed by atoms with Crippen LogP contribution in [0, 0.1) is 6.92 Å². The van der Waals surface area contributed by atoms with Gasteiger partial charge in [0, 0.05) is 10.0 Å². The zero-order valence-electron chi connectivity index (χ0n) is 10.3. The van der Waals surface area contributed by atoms with Crippen molar-refractivity contribution in [1.82, 2.24) is 10.2 Å². The highest BCUT2D eigenvalue weighted by molar-refractivity contribution is 9.10. The first-order chi connectivity index (χ1) is 9.24. The molecule has 19 heavy (non-hydrogen) atoms. The molecular weight excluding hydrogens is 304 g/mol. The van der Waals surface area contributed by atoms with Crippen LogP contribution in [0.25, 0.3) is 22.9 Å². The van der Waals surface area contributed by atoms with Gasteiger partial charge in [0.05, 0.1) is 5.56 Å². The lowest BCUT2D eigenvalue weighted by Gasteiger charge is -2.00. The van der Waals surface area contributed by atoms with Crippen molar-refractivity contribution in [2.45, 2.75) is 6.92 Å². The molecule has 2 aromatic carbocycles. The van der Waals surface area contributed by atoms with Crippen LogP contribution in [-0.2, 0) is 0 Å². The molecule has 0 aliphatic heterocycles. The molecule has 1 aromatic heterocycles. The molecule has 3 rings (SSSR count). The monoisotopic (exact) mass is 314 g/mol. The molecule has 3 nitrogen and oxygen atoms in total. The van der Waals surface area contributed by atoms with E-state index < -0.39 is 0 Å². The zero-order chi connectivity index (χ0) is 13.2. The van der Waals surface area contributed by atoms with E-state index in [-0.39, 0.29) is 0 Å². The highest BCUT2D eigenvalue weighted by atomic mass is 79.9. The van der Waals surface area contributed by atoms with Gasteiger partial charge in [-0.15, -0.1) is 10.2 Å². The summed E-state index contributed by atoms with van der Waals surface area (Å²) in [6, 6.07) is 15.8. The first-order valence-electron chi connectivity index (χ1n) is 5.89. The number of hydrogen-bond acceptors (Lipinski definition) is 3. The van der Waals surface area contributed by atoms with Crippen LogP contribution in [0.2, 0.25) is 0 Å². The zero-order valence-corrected chi connectivity index (χ0v) is 11.9. The smallest absolute Gasteiger partial charge is 0.249 e. The van der Waals surface area contributed by atoms with Crippen LogP contribution >= 0.6 is 15.9 Å². The number of aromatic nitrogens is 2. The molecular formula is C15H11BrN2O. The average molecular weight is 315 g/mol. The Bertz CT molecular complexity index is 707. The molecule has 94 valence electrons. The standard InChI is InChI=1S/C15H11BrN2O/c1-10-7-8-13(16)12(9-10)15-18-17-14(19-15)11-5-3-2-4-6-11/h2-9H,1H3. The molecule has 4 heteroatoms. The molecule has 1 heterocycles. The van der Waals surface area contributed by atoms with Gasteiger partial charge in [-0.05, 0) is 47.1 Å². The Labute approximate surface area is 119 Å². The van der Waals surface area contributed by atoms with Gasteiger partial charge < -0.3 is 4.42 Å². The molecule has 0 radical (unpaired) electrons. The van der Waals surface area contributed by atoms with Crippen LogP contribution < -0.4 is 0 Å². The largest absolute Gasteiger partial charge is 0.416 e. The normalized spacial score (nSPS) is 10.6. The van der Waals surface area contributed by atoms with Gasteiger partial charge >= 0.3 is 0 Å². The van der Waals surface area contributed by atoms with E-state index in [4.69, 9.17) is 4.42 Å². The minimum Gasteiger partial charge on any atom is -0.416 e. The second kappa shape index (κ2) is 4.97. The molecule has 0 aliphatic rings. The molecule has 0 unspecified atom stereocenters. The molecule has 0 spiro atoms. The van der Waals surface area contributed by atoms with Gasteiger partial charge in [-0.25, -0.2) is 0 Å². The van der Waals surface area contributed by atoms with Crippen molar-refractivity contribution in [3.05, 3.63) is 58.6 Å². The predicted molar refractivity (Wildman–Crippen MR) is 77.6 cm³/mol. The van der Waals surface area contributed by atoms with Crippen molar-refractivity contribution in [3.63, 3.8) is 0 Å². The van der Waals surface area contributed by atoms with Crippen molar-refractivity contribution < 1.29 is 4.42 Å². The predicted octanol–water partition coefficient (Wildman–Crippen LogP) is 4.47. The maximum atomic E-state index is 5.74. The quantitative estimate of drug-likeness (QED) is 0.700. The molecule has 0 amide bonds. The Balaban J connectivity index is 2.04. The van der Waals surface area contributed by atoms with Crippen LogP contribution in [0.4, 0.5) is 0 Å². The third kappa shape index (κ3) is 2.44. The van der Waals surface area contributed by atoms with Gasteiger partial charge in [0.25, 0.3) is 0 Å². The van der Waals surface area contributed by atoms with Gasteiger partial charge in [0.2, 0.25) is 11.8 Å². The summed E-state index contributed by atoms with van der Waals surface area (Å²) in [5.41, 5.74) is 2.98. The van der Waals surface area contributed by atoms with Crippen molar-refractivity contribution in [2.75, 3.05) is 0 Å². The lowest BCUT2D eigenvalue weighted by molar-refractivity contribution is 0.584. The Morgan fingerprint density at radius 3 is 2.47 bits per heavy atom. The molecule has 0 saturated carbocycles. The fourth-order valence-electron chi connectivity index (χ4n) is 1.83. The van der Waals surface area contributed by atoms with Gasteiger partial charge in [-0.2, -0.15) is 0 Å². The van der Waals surface area contributed by atoms with Gasteiger partial charge in [-0.3, -0.25) is 0 Å². The summed E-state index contributed by atoms with van der Waals surface area (Å²) >= 11 is 3.50. The Morgan fingerprint density at radius 1 is 0.947 bits per heavy atom. The highest BCUT2D eigenvalue weighted by Gasteiger charge is 2.12. The van der Waals surface area contributed by atoms with E-state index in [1.807, 2.05) is 55.5 Å². The second-order valence-electron chi connectivity index (χ2n) is 4.26. The van der Waals surface area contributed by atoms with Crippen molar-refractivity contribution in [3.8, 4) is 22.9 Å². The van der Waals surface area contributed by atoms with Crippen LogP contribution in [-0.4, -0.2) is 10.2 Å². The SMILES string of the molecule is Cc1ccc(Br)c(-c2nnc(-c3ccccc3)o2)c1. The minimum atomic E-state index is 0.523. The van der Waals surface area contributed by atoms with E-state index in [2.05, 4.69) is 26.1 Å². The number of aryl methyl sites for hydroxylation is 1. The summed E-state index contributed by atoms with van der Waals surface area (Å²) in [7, 11) is 0.